The molecule has 1 aliphatic heterocycles. The normalized spacial score (nSPS) is 24.5. The van der Waals surface area contributed by atoms with E-state index in [1.807, 2.05) is 20.8 Å². The smallest absolute Gasteiger partial charge is 0.262 e. The summed E-state index contributed by atoms with van der Waals surface area (Å²) in [7, 11) is -3.50. The molecule has 19 heavy (non-hydrogen) atoms. The lowest BCUT2D eigenvalue weighted by Crippen LogP contribution is -2.53. The molecule has 0 aliphatic carbocycles. The first-order valence-corrected chi connectivity index (χ1v) is 7.99. The summed E-state index contributed by atoms with van der Waals surface area (Å²) in [6.07, 6.45) is 3.81. The van der Waals surface area contributed by atoms with E-state index in [-0.39, 0.29) is 16.5 Å². The van der Waals surface area contributed by atoms with Crippen molar-refractivity contribution in [2.24, 2.45) is 11.1 Å². The molecule has 0 amide bonds. The lowest BCUT2D eigenvalue weighted by Gasteiger charge is -2.41. The van der Waals surface area contributed by atoms with Crippen LogP contribution in [0.2, 0.25) is 0 Å². The van der Waals surface area contributed by atoms with Crippen molar-refractivity contribution in [3.63, 3.8) is 0 Å². The summed E-state index contributed by atoms with van der Waals surface area (Å²) in [5.74, 6) is 0. The van der Waals surface area contributed by atoms with Crippen LogP contribution in [0.15, 0.2) is 17.6 Å². The summed E-state index contributed by atoms with van der Waals surface area (Å²) < 4.78 is 28.3. The Morgan fingerprint density at radius 3 is 2.74 bits per heavy atom. The highest BCUT2D eigenvalue weighted by Crippen LogP contribution is 2.30. The molecular formula is C12H22N4O2S. The van der Waals surface area contributed by atoms with Crippen LogP contribution in [0, 0.1) is 5.41 Å². The Morgan fingerprint density at radius 1 is 1.53 bits per heavy atom. The summed E-state index contributed by atoms with van der Waals surface area (Å²) in [6, 6.07) is 0.0344. The highest BCUT2D eigenvalue weighted by molar-refractivity contribution is 7.89. The van der Waals surface area contributed by atoms with Crippen LogP contribution in [0.5, 0.6) is 0 Å². The number of hydrogen-bond acceptors (Lipinski definition) is 4. The van der Waals surface area contributed by atoms with Crippen LogP contribution < -0.4 is 5.73 Å². The van der Waals surface area contributed by atoms with Crippen molar-refractivity contribution < 1.29 is 8.42 Å². The minimum Gasteiger partial charge on any atom is -0.336 e. The van der Waals surface area contributed by atoms with Crippen molar-refractivity contribution in [1.82, 2.24) is 13.9 Å². The van der Waals surface area contributed by atoms with E-state index in [1.165, 1.54) is 4.31 Å². The van der Waals surface area contributed by atoms with Crippen LogP contribution in [0.4, 0.5) is 0 Å². The van der Waals surface area contributed by atoms with Gasteiger partial charge in [0.2, 0.25) is 0 Å². The molecule has 0 bridgehead atoms. The molecule has 6 nitrogen and oxygen atoms in total. The average Bonchev–Trinajstić information content (AvgIpc) is 2.81. The Kier molecular flexibility index (Phi) is 3.72. The highest BCUT2D eigenvalue weighted by Gasteiger charge is 2.39. The van der Waals surface area contributed by atoms with Crippen molar-refractivity contribution in [3.05, 3.63) is 12.5 Å². The Morgan fingerprint density at radius 2 is 2.21 bits per heavy atom. The summed E-state index contributed by atoms with van der Waals surface area (Å²) in [5.41, 5.74) is 5.83. The van der Waals surface area contributed by atoms with E-state index in [0.29, 0.717) is 26.1 Å². The third-order valence-electron chi connectivity index (χ3n) is 3.86. The monoisotopic (exact) mass is 286 g/mol. The van der Waals surface area contributed by atoms with Crippen LogP contribution >= 0.6 is 0 Å². The summed E-state index contributed by atoms with van der Waals surface area (Å²) in [6.45, 7) is 7.56. The molecule has 0 spiro atoms. The number of hydrogen-bond donors (Lipinski definition) is 1. The molecule has 1 fully saturated rings. The molecule has 1 aromatic heterocycles. The quantitative estimate of drug-likeness (QED) is 0.884. The lowest BCUT2D eigenvalue weighted by molar-refractivity contribution is 0.155. The van der Waals surface area contributed by atoms with Crippen molar-refractivity contribution in [2.45, 2.75) is 44.8 Å². The van der Waals surface area contributed by atoms with Crippen LogP contribution in [0.25, 0.3) is 0 Å². The number of nitrogens with zero attached hydrogens (tertiary/aromatic N) is 3. The standard InChI is InChI=1S/C12H22N4O2S/c1-4-15-7-11(14-9-15)19(17,18)16-6-5-10(13)12(2,3)8-16/h7,9-10H,4-6,8,13H2,1-3H3. The first kappa shape index (κ1) is 14.5. The summed E-state index contributed by atoms with van der Waals surface area (Å²) in [5, 5.41) is 0.126. The second-order valence-electron chi connectivity index (χ2n) is 5.76. The topological polar surface area (TPSA) is 81.2 Å². The zero-order chi connectivity index (χ0) is 14.3. The maximum Gasteiger partial charge on any atom is 0.262 e. The Hall–Kier alpha value is -0.920. The fourth-order valence-electron chi connectivity index (χ4n) is 2.31. The van der Waals surface area contributed by atoms with Crippen molar-refractivity contribution >= 4 is 10.0 Å². The molecular weight excluding hydrogens is 264 g/mol. The van der Waals surface area contributed by atoms with Crippen LogP contribution in [-0.4, -0.2) is 41.4 Å². The number of nitrogens with two attached hydrogens (primary N) is 1. The largest absolute Gasteiger partial charge is 0.336 e. The predicted molar refractivity (Wildman–Crippen MR) is 73.0 cm³/mol. The number of rotatable bonds is 3. The van der Waals surface area contributed by atoms with E-state index < -0.39 is 10.0 Å². The van der Waals surface area contributed by atoms with E-state index in [1.54, 1.807) is 17.1 Å². The Labute approximate surface area is 114 Å². The average molecular weight is 286 g/mol. The number of imidazole rings is 1. The number of aryl methyl sites for hydroxylation is 1. The molecule has 1 atom stereocenters. The maximum absolute atomic E-state index is 12.5. The maximum atomic E-state index is 12.5. The zero-order valence-corrected chi connectivity index (χ0v) is 12.5. The third-order valence-corrected chi connectivity index (χ3v) is 5.59. The van der Waals surface area contributed by atoms with Crippen LogP contribution in [0.1, 0.15) is 27.2 Å². The van der Waals surface area contributed by atoms with Gasteiger partial charge in [-0.3, -0.25) is 0 Å². The zero-order valence-electron chi connectivity index (χ0n) is 11.7. The molecule has 1 aromatic rings. The van der Waals surface area contributed by atoms with Gasteiger partial charge < -0.3 is 10.3 Å². The van der Waals surface area contributed by atoms with Crippen molar-refractivity contribution in [2.75, 3.05) is 13.1 Å². The SMILES string of the molecule is CCn1cnc(S(=O)(=O)N2CCC(N)C(C)(C)C2)c1. The van der Waals surface area contributed by atoms with Crippen molar-refractivity contribution in [3.8, 4) is 0 Å². The van der Waals surface area contributed by atoms with Gasteiger partial charge in [0.15, 0.2) is 5.03 Å². The molecule has 1 saturated heterocycles. The molecule has 1 aliphatic rings. The van der Waals surface area contributed by atoms with Gasteiger partial charge in [0, 0.05) is 31.9 Å². The molecule has 0 aromatic carbocycles. The van der Waals surface area contributed by atoms with E-state index in [2.05, 4.69) is 4.98 Å². The van der Waals surface area contributed by atoms with Gasteiger partial charge in [-0.15, -0.1) is 0 Å². The molecule has 1 unspecified atom stereocenters. The molecule has 2 N–H and O–H groups in total. The first-order valence-electron chi connectivity index (χ1n) is 6.55. The van der Waals surface area contributed by atoms with Crippen LogP contribution in [0.3, 0.4) is 0 Å². The van der Waals surface area contributed by atoms with Gasteiger partial charge in [-0.1, -0.05) is 13.8 Å². The molecule has 0 radical (unpaired) electrons. The van der Waals surface area contributed by atoms with Gasteiger partial charge in [-0.05, 0) is 18.8 Å². The third kappa shape index (κ3) is 2.68. The summed E-state index contributed by atoms with van der Waals surface area (Å²) in [4.78, 5) is 4.00. The van der Waals surface area contributed by atoms with E-state index in [4.69, 9.17) is 5.73 Å². The molecule has 2 rings (SSSR count). The minimum atomic E-state index is -3.50. The fraction of sp³-hybridized carbons (Fsp3) is 0.750. The number of piperidine rings is 1. The lowest BCUT2D eigenvalue weighted by atomic mass is 9.81. The van der Waals surface area contributed by atoms with Gasteiger partial charge in [0.25, 0.3) is 10.0 Å². The molecule has 2 heterocycles. The summed E-state index contributed by atoms with van der Waals surface area (Å²) >= 11 is 0. The second-order valence-corrected chi connectivity index (χ2v) is 7.65. The molecule has 0 saturated carbocycles. The van der Waals surface area contributed by atoms with Gasteiger partial charge in [0.05, 0.1) is 6.33 Å². The highest BCUT2D eigenvalue weighted by atomic mass is 32.2. The fourth-order valence-corrected chi connectivity index (χ4v) is 3.87. The van der Waals surface area contributed by atoms with Gasteiger partial charge in [-0.25, -0.2) is 13.4 Å². The number of aromatic nitrogens is 2. The Balaban J connectivity index is 2.25. The van der Waals surface area contributed by atoms with Gasteiger partial charge in [0.1, 0.15) is 0 Å². The van der Waals surface area contributed by atoms with Crippen LogP contribution in [-0.2, 0) is 16.6 Å². The molecule has 7 heteroatoms. The minimum absolute atomic E-state index is 0.0344. The van der Waals surface area contributed by atoms with E-state index in [9.17, 15) is 8.42 Å². The van der Waals surface area contributed by atoms with Gasteiger partial charge in [-0.2, -0.15) is 4.31 Å². The van der Waals surface area contributed by atoms with E-state index >= 15 is 0 Å². The second kappa shape index (κ2) is 4.88. The molecule has 108 valence electrons. The van der Waals surface area contributed by atoms with E-state index in [0.717, 1.165) is 0 Å². The number of sulfonamides is 1. The predicted octanol–water partition coefficient (Wildman–Crippen LogP) is 0.651. The van der Waals surface area contributed by atoms with Crippen molar-refractivity contribution in [1.29, 1.82) is 0 Å². The Bertz CT molecular complexity index is 550. The van der Waals surface area contributed by atoms with Gasteiger partial charge >= 0.3 is 0 Å². The first-order chi connectivity index (χ1) is 8.77.